The highest BCUT2D eigenvalue weighted by Gasteiger charge is 2.12. The van der Waals surface area contributed by atoms with Crippen LogP contribution in [0.3, 0.4) is 0 Å². The third kappa shape index (κ3) is 4.28. The molecule has 15 heavy (non-hydrogen) atoms. The van der Waals surface area contributed by atoms with Gasteiger partial charge >= 0.3 is 0 Å². The summed E-state index contributed by atoms with van der Waals surface area (Å²) in [6.07, 6.45) is 7.53. The number of aryl methyl sites for hydroxylation is 1. The van der Waals surface area contributed by atoms with E-state index in [2.05, 4.69) is 23.7 Å². The minimum atomic E-state index is 0.646. The lowest BCUT2D eigenvalue weighted by Gasteiger charge is -2.12. The molecule has 0 saturated carbocycles. The zero-order valence-electron chi connectivity index (χ0n) is 9.70. The normalized spacial score (nSPS) is 12.7. The molecule has 0 spiro atoms. The van der Waals surface area contributed by atoms with Gasteiger partial charge in [-0.05, 0) is 18.8 Å². The van der Waals surface area contributed by atoms with Crippen molar-refractivity contribution in [3.8, 4) is 0 Å². The molecule has 0 saturated heterocycles. The molecular formula is C12H20N2O. The molecule has 0 bridgehead atoms. The molecule has 1 unspecified atom stereocenters. The maximum atomic E-state index is 5.39. The number of nitrogens with zero attached hydrogens (tertiary/aromatic N) is 2. The quantitative estimate of drug-likeness (QED) is 0.645. The zero-order valence-corrected chi connectivity index (χ0v) is 9.70. The first kappa shape index (κ1) is 12.0. The van der Waals surface area contributed by atoms with Crippen LogP contribution in [0.25, 0.3) is 0 Å². The van der Waals surface area contributed by atoms with E-state index in [1.54, 1.807) is 0 Å². The summed E-state index contributed by atoms with van der Waals surface area (Å²) in [7, 11) is 0. The molecule has 0 aromatic carbocycles. The number of rotatable bonds is 7. The van der Waals surface area contributed by atoms with Crippen molar-refractivity contribution in [1.29, 1.82) is 0 Å². The van der Waals surface area contributed by atoms with Gasteiger partial charge in [0.1, 0.15) is 0 Å². The van der Waals surface area contributed by atoms with E-state index in [0.717, 1.165) is 18.7 Å². The molecule has 1 aromatic heterocycles. The molecule has 0 N–H and O–H groups in total. The number of hydrogen-bond donors (Lipinski definition) is 0. The average molecular weight is 208 g/mol. The van der Waals surface area contributed by atoms with E-state index < -0.39 is 0 Å². The van der Waals surface area contributed by atoms with Crippen LogP contribution < -0.4 is 0 Å². The summed E-state index contributed by atoms with van der Waals surface area (Å²) in [4.78, 5) is 0. The van der Waals surface area contributed by atoms with Crippen molar-refractivity contribution < 1.29 is 4.42 Å². The molecule has 0 aliphatic heterocycles. The SMILES string of the molecule is C=CCCC(CCC)Cc1nnc(C)o1. The Morgan fingerprint density at radius 3 is 2.73 bits per heavy atom. The lowest BCUT2D eigenvalue weighted by molar-refractivity contribution is 0.380. The minimum absolute atomic E-state index is 0.646. The molecule has 0 amide bonds. The Kier molecular flexibility index (Phi) is 5.08. The van der Waals surface area contributed by atoms with Gasteiger partial charge < -0.3 is 4.42 Å². The van der Waals surface area contributed by atoms with Crippen LogP contribution >= 0.6 is 0 Å². The second-order valence-corrected chi connectivity index (χ2v) is 3.94. The van der Waals surface area contributed by atoms with Crippen molar-refractivity contribution in [2.45, 2.75) is 46.0 Å². The summed E-state index contributed by atoms with van der Waals surface area (Å²) in [5.41, 5.74) is 0. The topological polar surface area (TPSA) is 38.9 Å². The molecule has 1 heterocycles. The number of hydrogen-bond acceptors (Lipinski definition) is 3. The lowest BCUT2D eigenvalue weighted by atomic mass is 9.94. The van der Waals surface area contributed by atoms with E-state index in [9.17, 15) is 0 Å². The molecule has 1 atom stereocenters. The highest BCUT2D eigenvalue weighted by Crippen LogP contribution is 2.18. The Hall–Kier alpha value is -1.12. The van der Waals surface area contributed by atoms with Crippen molar-refractivity contribution >= 4 is 0 Å². The summed E-state index contributed by atoms with van der Waals surface area (Å²) in [5.74, 6) is 2.08. The molecule has 0 aliphatic carbocycles. The van der Waals surface area contributed by atoms with E-state index in [1.165, 1.54) is 19.3 Å². The highest BCUT2D eigenvalue weighted by atomic mass is 16.4. The predicted octanol–water partition coefficient (Wildman–Crippen LogP) is 3.30. The Bertz CT molecular complexity index is 294. The summed E-state index contributed by atoms with van der Waals surface area (Å²) < 4.78 is 5.39. The third-order valence-corrected chi connectivity index (χ3v) is 2.51. The molecule has 0 radical (unpaired) electrons. The molecule has 3 heteroatoms. The Balaban J connectivity index is 2.45. The number of aromatic nitrogens is 2. The predicted molar refractivity (Wildman–Crippen MR) is 60.6 cm³/mol. The van der Waals surface area contributed by atoms with Gasteiger partial charge in [-0.25, -0.2) is 0 Å². The first-order valence-corrected chi connectivity index (χ1v) is 5.66. The molecule has 0 aliphatic rings. The van der Waals surface area contributed by atoms with Crippen LogP contribution in [0.4, 0.5) is 0 Å². The van der Waals surface area contributed by atoms with Crippen LogP contribution in [0.2, 0.25) is 0 Å². The average Bonchev–Trinajstić information content (AvgIpc) is 2.61. The van der Waals surface area contributed by atoms with Crippen LogP contribution in [-0.2, 0) is 6.42 Å². The largest absolute Gasteiger partial charge is 0.426 e. The van der Waals surface area contributed by atoms with Crippen molar-refractivity contribution in [2.24, 2.45) is 5.92 Å². The molecule has 84 valence electrons. The minimum Gasteiger partial charge on any atom is -0.426 e. The second-order valence-electron chi connectivity index (χ2n) is 3.94. The van der Waals surface area contributed by atoms with Gasteiger partial charge in [-0.3, -0.25) is 0 Å². The summed E-state index contributed by atoms with van der Waals surface area (Å²) in [6, 6.07) is 0. The fraction of sp³-hybridized carbons (Fsp3) is 0.667. The van der Waals surface area contributed by atoms with Gasteiger partial charge in [0.25, 0.3) is 0 Å². The summed E-state index contributed by atoms with van der Waals surface area (Å²) in [5, 5.41) is 7.88. The monoisotopic (exact) mass is 208 g/mol. The van der Waals surface area contributed by atoms with Crippen LogP contribution in [0.15, 0.2) is 17.1 Å². The number of allylic oxidation sites excluding steroid dienone is 1. The van der Waals surface area contributed by atoms with Crippen LogP contribution in [0.5, 0.6) is 0 Å². The van der Waals surface area contributed by atoms with Gasteiger partial charge in [0.2, 0.25) is 11.8 Å². The highest BCUT2D eigenvalue weighted by molar-refractivity contribution is 4.83. The van der Waals surface area contributed by atoms with Gasteiger partial charge in [-0.1, -0.05) is 25.8 Å². The van der Waals surface area contributed by atoms with Crippen LogP contribution in [0, 0.1) is 12.8 Å². The fourth-order valence-corrected chi connectivity index (χ4v) is 1.78. The summed E-state index contributed by atoms with van der Waals surface area (Å²) >= 11 is 0. The second kappa shape index (κ2) is 6.38. The van der Waals surface area contributed by atoms with Gasteiger partial charge in [-0.15, -0.1) is 16.8 Å². The van der Waals surface area contributed by atoms with Crippen molar-refractivity contribution in [1.82, 2.24) is 10.2 Å². The van der Waals surface area contributed by atoms with E-state index in [-0.39, 0.29) is 0 Å². The third-order valence-electron chi connectivity index (χ3n) is 2.51. The van der Waals surface area contributed by atoms with Gasteiger partial charge in [0, 0.05) is 13.3 Å². The van der Waals surface area contributed by atoms with E-state index in [4.69, 9.17) is 4.42 Å². The summed E-state index contributed by atoms with van der Waals surface area (Å²) in [6.45, 7) is 7.79. The van der Waals surface area contributed by atoms with E-state index >= 15 is 0 Å². The van der Waals surface area contributed by atoms with Gasteiger partial charge in [0.15, 0.2) is 0 Å². The Morgan fingerprint density at radius 1 is 1.40 bits per heavy atom. The van der Waals surface area contributed by atoms with E-state index in [1.807, 2.05) is 13.0 Å². The smallest absolute Gasteiger partial charge is 0.216 e. The maximum absolute atomic E-state index is 5.39. The first-order valence-electron chi connectivity index (χ1n) is 5.66. The van der Waals surface area contributed by atoms with Crippen molar-refractivity contribution in [2.75, 3.05) is 0 Å². The first-order chi connectivity index (χ1) is 7.26. The zero-order chi connectivity index (χ0) is 11.1. The molecule has 3 nitrogen and oxygen atoms in total. The van der Waals surface area contributed by atoms with Crippen LogP contribution in [0.1, 0.15) is 44.4 Å². The van der Waals surface area contributed by atoms with E-state index in [0.29, 0.717) is 11.8 Å². The van der Waals surface area contributed by atoms with Crippen molar-refractivity contribution in [3.05, 3.63) is 24.4 Å². The van der Waals surface area contributed by atoms with Crippen LogP contribution in [-0.4, -0.2) is 10.2 Å². The van der Waals surface area contributed by atoms with Gasteiger partial charge in [-0.2, -0.15) is 0 Å². The maximum Gasteiger partial charge on any atom is 0.216 e. The van der Waals surface area contributed by atoms with Gasteiger partial charge in [0.05, 0.1) is 0 Å². The molecule has 0 fully saturated rings. The molecule has 1 aromatic rings. The molecular weight excluding hydrogens is 188 g/mol. The fourth-order valence-electron chi connectivity index (χ4n) is 1.78. The molecule has 1 rings (SSSR count). The Labute approximate surface area is 91.6 Å². The standard InChI is InChI=1S/C12H20N2O/c1-4-6-8-11(7-5-2)9-12-14-13-10(3)15-12/h4,11H,1,5-9H2,2-3H3. The Morgan fingerprint density at radius 2 is 2.20 bits per heavy atom. The van der Waals surface area contributed by atoms with Crippen molar-refractivity contribution in [3.63, 3.8) is 0 Å². The lowest BCUT2D eigenvalue weighted by Crippen LogP contribution is -2.04.